The van der Waals surface area contributed by atoms with Gasteiger partial charge in [0.05, 0.1) is 10.6 Å². The van der Waals surface area contributed by atoms with E-state index in [4.69, 9.17) is 23.2 Å². The molecule has 1 N–H and O–H groups in total. The lowest BCUT2D eigenvalue weighted by molar-refractivity contribution is -0.140. The van der Waals surface area contributed by atoms with Gasteiger partial charge in [-0.25, -0.2) is 8.42 Å². The maximum Gasteiger partial charge on any atom is 0.264 e. The van der Waals surface area contributed by atoms with Gasteiger partial charge in [0, 0.05) is 29.1 Å². The maximum atomic E-state index is 14.6. The second-order valence-corrected chi connectivity index (χ2v) is 14.9. The largest absolute Gasteiger partial charge is 0.352 e. The van der Waals surface area contributed by atoms with Crippen molar-refractivity contribution in [2.75, 3.05) is 10.8 Å². The zero-order chi connectivity index (χ0) is 33.6. The average molecular weight is 693 g/mol. The van der Waals surface area contributed by atoms with Gasteiger partial charge in [0.25, 0.3) is 10.0 Å². The van der Waals surface area contributed by atoms with E-state index in [-0.39, 0.29) is 45.5 Å². The van der Waals surface area contributed by atoms with Crippen LogP contribution in [0.5, 0.6) is 0 Å². The van der Waals surface area contributed by atoms with E-state index in [2.05, 4.69) is 5.32 Å². The molecule has 246 valence electrons. The van der Waals surface area contributed by atoms with E-state index in [0.29, 0.717) is 0 Å². The van der Waals surface area contributed by atoms with Crippen LogP contribution < -0.4 is 9.62 Å². The zero-order valence-corrected chi connectivity index (χ0v) is 28.9. The Balaban J connectivity index is 1.58. The zero-order valence-electron chi connectivity index (χ0n) is 26.5. The lowest BCUT2D eigenvalue weighted by Crippen LogP contribution is -2.54. The Morgan fingerprint density at radius 3 is 1.98 bits per heavy atom. The van der Waals surface area contributed by atoms with Crippen molar-refractivity contribution in [2.24, 2.45) is 0 Å². The van der Waals surface area contributed by atoms with Crippen LogP contribution in [-0.2, 0) is 32.6 Å². The molecule has 0 aromatic heterocycles. The van der Waals surface area contributed by atoms with Gasteiger partial charge in [0.1, 0.15) is 12.6 Å². The number of sulfonamides is 1. The van der Waals surface area contributed by atoms with Gasteiger partial charge in [-0.2, -0.15) is 0 Å². The number of nitrogens with zero attached hydrogens (tertiary/aromatic N) is 2. The molecule has 47 heavy (non-hydrogen) atoms. The highest BCUT2D eigenvalue weighted by molar-refractivity contribution is 7.92. The van der Waals surface area contributed by atoms with Crippen molar-refractivity contribution in [2.45, 2.75) is 69.5 Å². The minimum absolute atomic E-state index is 0.0110. The number of halogens is 2. The summed E-state index contributed by atoms with van der Waals surface area (Å²) in [5.74, 6) is -0.806. The minimum Gasteiger partial charge on any atom is -0.352 e. The number of carbonyl (C=O) groups excluding carboxylic acids is 2. The number of anilines is 1. The second-order valence-electron chi connectivity index (χ2n) is 12.2. The SMILES string of the molecule is Cc1ccc(CN(C(=O)CN(c2cc(Cl)cc(Cl)c2)S(=O)(=O)c2ccc(C)cc2)[C@H](Cc2ccccc2)C(=O)NC2CCCC2)cc1. The molecule has 5 rings (SSSR count). The summed E-state index contributed by atoms with van der Waals surface area (Å²) >= 11 is 12.7. The minimum atomic E-state index is -4.27. The van der Waals surface area contributed by atoms with Gasteiger partial charge < -0.3 is 10.2 Å². The second kappa shape index (κ2) is 15.4. The standard InChI is InChI=1S/C37H39Cl2N3O4S/c1-26-12-16-29(17-13-26)24-41(35(20-28-8-4-3-5-9-28)37(44)40-32-10-6-7-11-32)36(43)25-42(33-22-30(38)21-31(39)23-33)47(45,46)34-18-14-27(2)15-19-34/h3-5,8-9,12-19,21-23,32,35H,6-7,10-11,20,24-25H2,1-2H3,(H,40,44)/t35-/m1/s1. The van der Waals surface area contributed by atoms with E-state index in [1.807, 2.05) is 68.4 Å². The molecule has 0 spiro atoms. The van der Waals surface area contributed by atoms with Crippen LogP contribution in [0.25, 0.3) is 0 Å². The van der Waals surface area contributed by atoms with Gasteiger partial charge in [0.15, 0.2) is 0 Å². The van der Waals surface area contributed by atoms with Crippen LogP contribution in [0.4, 0.5) is 5.69 Å². The lowest BCUT2D eigenvalue weighted by atomic mass is 10.0. The molecule has 1 saturated carbocycles. The summed E-state index contributed by atoms with van der Waals surface area (Å²) in [7, 11) is -4.27. The van der Waals surface area contributed by atoms with Crippen LogP contribution in [0.3, 0.4) is 0 Å². The quantitative estimate of drug-likeness (QED) is 0.167. The number of nitrogens with one attached hydrogen (secondary N) is 1. The molecule has 2 amide bonds. The predicted octanol–water partition coefficient (Wildman–Crippen LogP) is 7.50. The number of aryl methyl sites for hydroxylation is 2. The fraction of sp³-hybridized carbons (Fsp3) is 0.297. The van der Waals surface area contributed by atoms with Crippen LogP contribution in [0.1, 0.15) is 47.9 Å². The first-order valence-electron chi connectivity index (χ1n) is 15.7. The van der Waals surface area contributed by atoms with Gasteiger partial charge in [-0.05, 0) is 68.1 Å². The molecule has 1 aliphatic carbocycles. The molecule has 7 nitrogen and oxygen atoms in total. The van der Waals surface area contributed by atoms with Crippen molar-refractivity contribution in [3.05, 3.63) is 129 Å². The Kier molecular flexibility index (Phi) is 11.3. The van der Waals surface area contributed by atoms with Crippen LogP contribution in [-0.4, -0.2) is 43.8 Å². The monoisotopic (exact) mass is 691 g/mol. The first-order valence-corrected chi connectivity index (χ1v) is 17.9. The third-order valence-electron chi connectivity index (χ3n) is 8.47. The van der Waals surface area contributed by atoms with Crippen molar-refractivity contribution in [1.82, 2.24) is 10.2 Å². The molecule has 1 fully saturated rings. The summed E-state index contributed by atoms with van der Waals surface area (Å²) in [6.45, 7) is 3.36. The number of amides is 2. The lowest BCUT2D eigenvalue weighted by Gasteiger charge is -2.34. The number of hydrogen-bond acceptors (Lipinski definition) is 4. The summed E-state index contributed by atoms with van der Waals surface area (Å²) in [6.07, 6.45) is 4.09. The van der Waals surface area contributed by atoms with Gasteiger partial charge in [-0.15, -0.1) is 0 Å². The molecule has 0 bridgehead atoms. The van der Waals surface area contributed by atoms with E-state index in [1.165, 1.54) is 35.2 Å². The van der Waals surface area contributed by atoms with E-state index in [1.54, 1.807) is 12.1 Å². The Labute approximate surface area is 287 Å². The molecule has 10 heteroatoms. The smallest absolute Gasteiger partial charge is 0.264 e. The first kappa shape index (κ1) is 34.5. The van der Waals surface area contributed by atoms with Crippen LogP contribution in [0, 0.1) is 13.8 Å². The summed E-state index contributed by atoms with van der Waals surface area (Å²) in [4.78, 5) is 30.3. The molecule has 4 aromatic rings. The third-order valence-corrected chi connectivity index (χ3v) is 10.7. The van der Waals surface area contributed by atoms with Gasteiger partial charge in [-0.3, -0.25) is 13.9 Å². The normalized spacial score (nSPS) is 14.0. The highest BCUT2D eigenvalue weighted by atomic mass is 35.5. The highest BCUT2D eigenvalue weighted by Crippen LogP contribution is 2.30. The predicted molar refractivity (Wildman–Crippen MR) is 188 cm³/mol. The van der Waals surface area contributed by atoms with Crippen molar-refractivity contribution >= 4 is 50.7 Å². The molecule has 0 heterocycles. The fourth-order valence-electron chi connectivity index (χ4n) is 5.86. The number of benzene rings is 4. The van der Waals surface area contributed by atoms with Gasteiger partial charge >= 0.3 is 0 Å². The Hall–Kier alpha value is -3.85. The van der Waals surface area contributed by atoms with E-state index >= 15 is 0 Å². The summed E-state index contributed by atoms with van der Waals surface area (Å²) in [5.41, 5.74) is 3.78. The highest BCUT2D eigenvalue weighted by Gasteiger charge is 2.35. The Morgan fingerprint density at radius 1 is 0.809 bits per heavy atom. The van der Waals surface area contributed by atoms with Crippen LogP contribution >= 0.6 is 23.2 Å². The Bertz CT molecular complexity index is 1770. The maximum absolute atomic E-state index is 14.6. The van der Waals surface area contributed by atoms with Crippen molar-refractivity contribution in [1.29, 1.82) is 0 Å². The van der Waals surface area contributed by atoms with Crippen molar-refractivity contribution in [3.63, 3.8) is 0 Å². The molecular formula is C37H39Cl2N3O4S. The average Bonchev–Trinajstić information content (AvgIpc) is 3.55. The number of carbonyl (C=O) groups is 2. The van der Waals surface area contributed by atoms with E-state index in [9.17, 15) is 18.0 Å². The molecule has 0 radical (unpaired) electrons. The first-order chi connectivity index (χ1) is 22.5. The molecule has 0 aliphatic heterocycles. The summed E-state index contributed by atoms with van der Waals surface area (Å²) < 4.78 is 29.5. The van der Waals surface area contributed by atoms with Crippen LogP contribution in [0.15, 0.2) is 102 Å². The molecule has 1 aliphatic rings. The van der Waals surface area contributed by atoms with Gasteiger partial charge in [-0.1, -0.05) is 114 Å². The molecule has 1 atom stereocenters. The third kappa shape index (κ3) is 8.95. The molecule has 0 saturated heterocycles. The summed E-state index contributed by atoms with van der Waals surface area (Å²) in [5, 5.41) is 3.63. The van der Waals surface area contributed by atoms with Gasteiger partial charge in [0.2, 0.25) is 11.8 Å². The molecule has 4 aromatic carbocycles. The summed E-state index contributed by atoms with van der Waals surface area (Å²) in [6, 6.07) is 27.2. The Morgan fingerprint density at radius 2 is 1.38 bits per heavy atom. The number of hydrogen-bond donors (Lipinski definition) is 1. The number of rotatable bonds is 12. The van der Waals surface area contributed by atoms with E-state index in [0.717, 1.165) is 52.2 Å². The van der Waals surface area contributed by atoms with E-state index < -0.39 is 28.5 Å². The van der Waals surface area contributed by atoms with Crippen molar-refractivity contribution < 1.29 is 18.0 Å². The molecular weight excluding hydrogens is 653 g/mol. The molecule has 0 unspecified atom stereocenters. The van der Waals surface area contributed by atoms with Crippen LogP contribution in [0.2, 0.25) is 10.0 Å². The topological polar surface area (TPSA) is 86.8 Å². The van der Waals surface area contributed by atoms with Crippen molar-refractivity contribution in [3.8, 4) is 0 Å². The fourth-order valence-corrected chi connectivity index (χ4v) is 7.77.